The van der Waals surface area contributed by atoms with Gasteiger partial charge in [-0.15, -0.1) is 0 Å². The van der Waals surface area contributed by atoms with Gasteiger partial charge in [0, 0.05) is 29.9 Å². The topological polar surface area (TPSA) is 75.7 Å². The number of hydrogen-bond donors (Lipinski definition) is 1. The van der Waals surface area contributed by atoms with Gasteiger partial charge in [-0.05, 0) is 67.8 Å². The number of amides is 2. The number of nitrogens with one attached hydrogen (secondary N) is 1. The summed E-state index contributed by atoms with van der Waals surface area (Å²) in [7, 11) is 1.31. The molecule has 140 valence electrons. The largest absolute Gasteiger partial charge is 0.465 e. The number of esters is 1. The van der Waals surface area contributed by atoms with Crippen LogP contribution >= 0.6 is 0 Å². The quantitative estimate of drug-likeness (QED) is 0.842. The van der Waals surface area contributed by atoms with E-state index in [4.69, 9.17) is 0 Å². The molecule has 1 fully saturated rings. The van der Waals surface area contributed by atoms with E-state index in [0.717, 1.165) is 25.9 Å². The van der Waals surface area contributed by atoms with Gasteiger partial charge >= 0.3 is 5.97 Å². The van der Waals surface area contributed by atoms with Crippen molar-refractivity contribution in [1.82, 2.24) is 4.90 Å². The van der Waals surface area contributed by atoms with Gasteiger partial charge in [-0.1, -0.05) is 0 Å². The van der Waals surface area contributed by atoms with Crippen LogP contribution in [0, 0.1) is 0 Å². The molecule has 3 rings (SSSR count). The van der Waals surface area contributed by atoms with Crippen molar-refractivity contribution in [2.24, 2.45) is 0 Å². The standard InChI is InChI=1S/C21H22N2O4/c1-27-21(26)17-7-5-15(6-8-17)19(24)22-18-11-9-16(10-12-18)20(25)23-13-3-2-4-14-23/h5-12H,2-4,13-14H2,1H3,(H,22,24). The van der Waals surface area contributed by atoms with Crippen LogP contribution in [0.1, 0.15) is 50.3 Å². The van der Waals surface area contributed by atoms with Crippen LogP contribution in [0.15, 0.2) is 48.5 Å². The number of carbonyl (C=O) groups is 3. The van der Waals surface area contributed by atoms with E-state index in [0.29, 0.717) is 22.4 Å². The molecule has 6 heteroatoms. The molecule has 0 bridgehead atoms. The zero-order valence-electron chi connectivity index (χ0n) is 15.2. The molecule has 1 N–H and O–H groups in total. The van der Waals surface area contributed by atoms with Crippen LogP contribution in [-0.2, 0) is 4.74 Å². The Kier molecular flexibility index (Phi) is 5.86. The third-order valence-corrected chi connectivity index (χ3v) is 4.60. The van der Waals surface area contributed by atoms with E-state index in [2.05, 4.69) is 10.1 Å². The smallest absolute Gasteiger partial charge is 0.337 e. The minimum Gasteiger partial charge on any atom is -0.465 e. The van der Waals surface area contributed by atoms with Crippen molar-refractivity contribution in [2.75, 3.05) is 25.5 Å². The fraction of sp³-hybridized carbons (Fsp3) is 0.286. The molecular formula is C21H22N2O4. The Bertz CT molecular complexity index is 822. The number of hydrogen-bond acceptors (Lipinski definition) is 4. The summed E-state index contributed by atoms with van der Waals surface area (Å²) in [5.41, 5.74) is 2.04. The van der Waals surface area contributed by atoms with Crippen molar-refractivity contribution in [3.05, 3.63) is 65.2 Å². The molecule has 0 spiro atoms. The number of likely N-dealkylation sites (tertiary alicyclic amines) is 1. The van der Waals surface area contributed by atoms with Crippen molar-refractivity contribution in [3.63, 3.8) is 0 Å². The van der Waals surface area contributed by atoms with E-state index in [1.54, 1.807) is 48.5 Å². The molecule has 27 heavy (non-hydrogen) atoms. The van der Waals surface area contributed by atoms with E-state index in [1.165, 1.54) is 13.5 Å². The predicted molar refractivity (Wildman–Crippen MR) is 102 cm³/mol. The highest BCUT2D eigenvalue weighted by Crippen LogP contribution is 2.16. The second kappa shape index (κ2) is 8.49. The molecular weight excluding hydrogens is 344 g/mol. The molecule has 1 aliphatic heterocycles. The number of nitrogens with zero attached hydrogens (tertiary/aromatic N) is 1. The van der Waals surface area contributed by atoms with Crippen LogP contribution in [-0.4, -0.2) is 42.9 Å². The average molecular weight is 366 g/mol. The summed E-state index contributed by atoms with van der Waals surface area (Å²) in [5.74, 6) is -0.705. The normalized spacial score (nSPS) is 13.7. The molecule has 0 aromatic heterocycles. The molecule has 0 unspecified atom stereocenters. The van der Waals surface area contributed by atoms with Crippen molar-refractivity contribution >= 4 is 23.5 Å². The maximum atomic E-state index is 12.5. The maximum absolute atomic E-state index is 12.5. The molecule has 0 aliphatic carbocycles. The van der Waals surface area contributed by atoms with Crippen molar-refractivity contribution in [1.29, 1.82) is 0 Å². The first-order valence-corrected chi connectivity index (χ1v) is 8.97. The monoisotopic (exact) mass is 366 g/mol. The number of anilines is 1. The molecule has 2 aromatic rings. The molecule has 1 saturated heterocycles. The zero-order valence-corrected chi connectivity index (χ0v) is 15.2. The fourth-order valence-corrected chi connectivity index (χ4v) is 3.05. The first-order chi connectivity index (χ1) is 13.1. The van der Waals surface area contributed by atoms with E-state index in [-0.39, 0.29) is 11.8 Å². The Morgan fingerprint density at radius 2 is 1.37 bits per heavy atom. The van der Waals surface area contributed by atoms with Crippen LogP contribution in [0.4, 0.5) is 5.69 Å². The Balaban J connectivity index is 1.62. The van der Waals surface area contributed by atoms with Gasteiger partial charge in [0.25, 0.3) is 11.8 Å². The molecule has 0 atom stereocenters. The molecule has 2 aromatic carbocycles. The summed E-state index contributed by atoms with van der Waals surface area (Å²) < 4.78 is 4.64. The molecule has 6 nitrogen and oxygen atoms in total. The molecule has 0 radical (unpaired) electrons. The fourth-order valence-electron chi connectivity index (χ4n) is 3.05. The van der Waals surface area contributed by atoms with Crippen LogP contribution in [0.5, 0.6) is 0 Å². The van der Waals surface area contributed by atoms with E-state index in [9.17, 15) is 14.4 Å². The number of rotatable bonds is 4. The van der Waals surface area contributed by atoms with Crippen LogP contribution in [0.3, 0.4) is 0 Å². The lowest BCUT2D eigenvalue weighted by molar-refractivity contribution is 0.0600. The van der Waals surface area contributed by atoms with Gasteiger partial charge in [-0.2, -0.15) is 0 Å². The summed E-state index contributed by atoms with van der Waals surface area (Å²) >= 11 is 0. The Hall–Kier alpha value is -3.15. The first kappa shape index (κ1) is 18.6. The highest BCUT2D eigenvalue weighted by molar-refractivity contribution is 6.05. The Morgan fingerprint density at radius 1 is 0.815 bits per heavy atom. The van der Waals surface area contributed by atoms with Gasteiger partial charge in [0.05, 0.1) is 12.7 Å². The van der Waals surface area contributed by atoms with Gasteiger partial charge in [0.2, 0.25) is 0 Å². The second-order valence-electron chi connectivity index (χ2n) is 6.45. The SMILES string of the molecule is COC(=O)c1ccc(C(=O)Nc2ccc(C(=O)N3CCCCC3)cc2)cc1. The third-order valence-electron chi connectivity index (χ3n) is 4.60. The van der Waals surface area contributed by atoms with E-state index in [1.807, 2.05) is 4.90 Å². The summed E-state index contributed by atoms with van der Waals surface area (Å²) in [4.78, 5) is 38.1. The number of methoxy groups -OCH3 is 1. The van der Waals surface area contributed by atoms with Gasteiger partial charge < -0.3 is 15.0 Å². The van der Waals surface area contributed by atoms with Crippen molar-refractivity contribution in [2.45, 2.75) is 19.3 Å². The molecule has 0 saturated carbocycles. The van der Waals surface area contributed by atoms with Gasteiger partial charge in [-0.3, -0.25) is 9.59 Å². The number of piperidine rings is 1. The number of carbonyl (C=O) groups excluding carboxylic acids is 3. The average Bonchev–Trinajstić information content (AvgIpc) is 2.74. The first-order valence-electron chi connectivity index (χ1n) is 8.97. The lowest BCUT2D eigenvalue weighted by atomic mass is 10.1. The predicted octanol–water partition coefficient (Wildman–Crippen LogP) is 3.35. The highest BCUT2D eigenvalue weighted by Gasteiger charge is 2.18. The lowest BCUT2D eigenvalue weighted by Gasteiger charge is -2.26. The molecule has 1 aliphatic rings. The number of ether oxygens (including phenoxy) is 1. The second-order valence-corrected chi connectivity index (χ2v) is 6.45. The van der Waals surface area contributed by atoms with Gasteiger partial charge in [-0.25, -0.2) is 4.79 Å². The zero-order chi connectivity index (χ0) is 19.2. The van der Waals surface area contributed by atoms with Crippen molar-refractivity contribution < 1.29 is 19.1 Å². The third kappa shape index (κ3) is 4.53. The van der Waals surface area contributed by atoms with Crippen LogP contribution < -0.4 is 5.32 Å². The maximum Gasteiger partial charge on any atom is 0.337 e. The number of benzene rings is 2. The van der Waals surface area contributed by atoms with Gasteiger partial charge in [0.15, 0.2) is 0 Å². The Morgan fingerprint density at radius 3 is 1.96 bits per heavy atom. The lowest BCUT2D eigenvalue weighted by Crippen LogP contribution is -2.35. The Labute approximate surface area is 158 Å². The minimum absolute atomic E-state index is 0.0333. The van der Waals surface area contributed by atoms with E-state index < -0.39 is 5.97 Å². The summed E-state index contributed by atoms with van der Waals surface area (Å²) in [5, 5.41) is 2.79. The summed E-state index contributed by atoms with van der Waals surface area (Å²) in [6, 6.07) is 13.1. The van der Waals surface area contributed by atoms with Crippen LogP contribution in [0.2, 0.25) is 0 Å². The molecule has 1 heterocycles. The van der Waals surface area contributed by atoms with Gasteiger partial charge in [0.1, 0.15) is 0 Å². The summed E-state index contributed by atoms with van der Waals surface area (Å²) in [6.45, 7) is 1.61. The highest BCUT2D eigenvalue weighted by atomic mass is 16.5. The van der Waals surface area contributed by atoms with Crippen LogP contribution in [0.25, 0.3) is 0 Å². The summed E-state index contributed by atoms with van der Waals surface area (Å²) in [6.07, 6.45) is 3.28. The minimum atomic E-state index is -0.448. The van der Waals surface area contributed by atoms with E-state index >= 15 is 0 Å². The molecule has 2 amide bonds. The van der Waals surface area contributed by atoms with Crippen molar-refractivity contribution in [3.8, 4) is 0 Å².